The van der Waals surface area contributed by atoms with Gasteiger partial charge in [-0.2, -0.15) is 5.10 Å². The van der Waals surface area contributed by atoms with Crippen LogP contribution in [-0.4, -0.2) is 26.1 Å². The third kappa shape index (κ3) is 2.77. The second kappa shape index (κ2) is 4.68. The van der Waals surface area contributed by atoms with Crippen molar-refractivity contribution in [3.05, 3.63) is 22.4 Å². The minimum atomic E-state index is -0.255. The number of aromatic amines is 1. The SMILES string of the molecule is Cc1nc(NCC(C)C(C)(C)C)cc2n[nH]c(=O)n12. The normalized spacial score (nSPS) is 13.7. The zero-order valence-electron chi connectivity index (χ0n) is 12.1. The summed E-state index contributed by atoms with van der Waals surface area (Å²) in [6, 6.07) is 1.78. The van der Waals surface area contributed by atoms with Crippen LogP contribution in [0.1, 0.15) is 33.5 Å². The number of nitrogens with zero attached hydrogens (tertiary/aromatic N) is 3. The topological polar surface area (TPSA) is 75.1 Å². The van der Waals surface area contributed by atoms with E-state index in [4.69, 9.17) is 0 Å². The lowest BCUT2D eigenvalue weighted by Crippen LogP contribution is -2.25. The van der Waals surface area contributed by atoms with E-state index in [2.05, 4.69) is 48.2 Å². The summed E-state index contributed by atoms with van der Waals surface area (Å²) in [7, 11) is 0. The molecule has 1 atom stereocenters. The summed E-state index contributed by atoms with van der Waals surface area (Å²) in [5.74, 6) is 1.88. The first-order valence-corrected chi connectivity index (χ1v) is 6.47. The van der Waals surface area contributed by atoms with Gasteiger partial charge in [0.2, 0.25) is 0 Å². The fourth-order valence-corrected chi connectivity index (χ4v) is 1.75. The highest BCUT2D eigenvalue weighted by molar-refractivity contribution is 5.49. The van der Waals surface area contributed by atoms with E-state index in [9.17, 15) is 4.79 Å². The van der Waals surface area contributed by atoms with Crippen molar-refractivity contribution in [2.75, 3.05) is 11.9 Å². The first kappa shape index (κ1) is 13.6. The molecule has 0 aromatic carbocycles. The minimum absolute atomic E-state index is 0.245. The van der Waals surface area contributed by atoms with Crippen molar-refractivity contribution >= 4 is 11.5 Å². The lowest BCUT2D eigenvalue weighted by atomic mass is 9.82. The van der Waals surface area contributed by atoms with Gasteiger partial charge in [0.1, 0.15) is 11.6 Å². The average molecular weight is 263 g/mol. The smallest absolute Gasteiger partial charge is 0.349 e. The molecule has 1 unspecified atom stereocenters. The van der Waals surface area contributed by atoms with Crippen molar-refractivity contribution in [1.29, 1.82) is 0 Å². The van der Waals surface area contributed by atoms with Crippen LogP contribution in [0.15, 0.2) is 10.9 Å². The molecule has 0 aliphatic rings. The Morgan fingerprint density at radius 3 is 2.79 bits per heavy atom. The Morgan fingerprint density at radius 2 is 2.16 bits per heavy atom. The first-order chi connectivity index (χ1) is 8.79. The minimum Gasteiger partial charge on any atom is -0.370 e. The van der Waals surface area contributed by atoms with Gasteiger partial charge in [0.05, 0.1) is 0 Å². The van der Waals surface area contributed by atoms with Crippen LogP contribution < -0.4 is 11.0 Å². The molecular weight excluding hydrogens is 242 g/mol. The van der Waals surface area contributed by atoms with Crippen LogP contribution in [0.4, 0.5) is 5.82 Å². The second-order valence-electron chi connectivity index (χ2n) is 6.06. The quantitative estimate of drug-likeness (QED) is 0.885. The van der Waals surface area contributed by atoms with Crippen molar-refractivity contribution in [1.82, 2.24) is 19.6 Å². The standard InChI is InChI=1S/C13H21N5O/c1-8(13(3,4)5)7-14-10-6-11-16-17-12(19)18(11)9(2)15-10/h6,8,14H,7H2,1-5H3,(H,17,19). The second-order valence-corrected chi connectivity index (χ2v) is 6.06. The molecule has 0 amide bonds. The highest BCUT2D eigenvalue weighted by Crippen LogP contribution is 2.25. The van der Waals surface area contributed by atoms with E-state index >= 15 is 0 Å². The maximum Gasteiger partial charge on any atom is 0.349 e. The molecule has 2 aromatic heterocycles. The van der Waals surface area contributed by atoms with Crippen LogP contribution in [0, 0.1) is 18.3 Å². The summed E-state index contributed by atoms with van der Waals surface area (Å²) in [5, 5.41) is 9.70. The Balaban J connectivity index is 2.21. The molecule has 2 rings (SSSR count). The fraction of sp³-hybridized carbons (Fsp3) is 0.615. The molecule has 2 aromatic rings. The number of nitrogens with one attached hydrogen (secondary N) is 2. The van der Waals surface area contributed by atoms with E-state index in [0.717, 1.165) is 12.4 Å². The van der Waals surface area contributed by atoms with Crippen molar-refractivity contribution in [3.8, 4) is 0 Å². The van der Waals surface area contributed by atoms with Gasteiger partial charge in [-0.3, -0.25) is 0 Å². The van der Waals surface area contributed by atoms with Gasteiger partial charge < -0.3 is 5.32 Å². The first-order valence-electron chi connectivity index (χ1n) is 6.47. The summed E-state index contributed by atoms with van der Waals surface area (Å²) in [5.41, 5.74) is 0.577. The molecule has 2 N–H and O–H groups in total. The van der Waals surface area contributed by atoms with E-state index in [1.807, 2.05) is 0 Å². The predicted octanol–water partition coefficient (Wildman–Crippen LogP) is 1.82. The molecule has 0 fully saturated rings. The number of hydrogen-bond donors (Lipinski definition) is 2. The van der Waals surface area contributed by atoms with Crippen molar-refractivity contribution in [2.45, 2.75) is 34.6 Å². The van der Waals surface area contributed by atoms with Gasteiger partial charge in [-0.25, -0.2) is 19.3 Å². The molecule has 2 heterocycles. The number of anilines is 1. The van der Waals surface area contributed by atoms with Crippen LogP contribution >= 0.6 is 0 Å². The van der Waals surface area contributed by atoms with E-state index in [-0.39, 0.29) is 11.1 Å². The maximum absolute atomic E-state index is 11.5. The number of hydrogen-bond acceptors (Lipinski definition) is 4. The summed E-state index contributed by atoms with van der Waals surface area (Å²) < 4.78 is 1.46. The van der Waals surface area contributed by atoms with Crippen LogP contribution in [-0.2, 0) is 0 Å². The molecule has 0 bridgehead atoms. The van der Waals surface area contributed by atoms with Gasteiger partial charge in [0.25, 0.3) is 0 Å². The van der Waals surface area contributed by atoms with Crippen molar-refractivity contribution < 1.29 is 0 Å². The number of aryl methyl sites for hydroxylation is 1. The summed E-state index contributed by atoms with van der Waals surface area (Å²) in [6.45, 7) is 11.5. The van der Waals surface area contributed by atoms with Gasteiger partial charge in [-0.05, 0) is 18.3 Å². The Morgan fingerprint density at radius 1 is 1.47 bits per heavy atom. The molecule has 6 heteroatoms. The molecule has 6 nitrogen and oxygen atoms in total. The van der Waals surface area contributed by atoms with Crippen LogP contribution in [0.2, 0.25) is 0 Å². The van der Waals surface area contributed by atoms with E-state index in [0.29, 0.717) is 17.4 Å². The monoisotopic (exact) mass is 263 g/mol. The van der Waals surface area contributed by atoms with Gasteiger partial charge in [-0.15, -0.1) is 0 Å². The van der Waals surface area contributed by atoms with Gasteiger partial charge >= 0.3 is 5.69 Å². The molecule has 0 saturated carbocycles. The Kier molecular flexibility index (Phi) is 3.34. The number of rotatable bonds is 3. The summed E-state index contributed by atoms with van der Waals surface area (Å²) >= 11 is 0. The van der Waals surface area contributed by atoms with Gasteiger partial charge in [0, 0.05) is 12.6 Å². The predicted molar refractivity (Wildman–Crippen MR) is 75.5 cm³/mol. The van der Waals surface area contributed by atoms with Gasteiger partial charge in [0.15, 0.2) is 5.65 Å². The van der Waals surface area contributed by atoms with Crippen LogP contribution in [0.3, 0.4) is 0 Å². The lowest BCUT2D eigenvalue weighted by Gasteiger charge is -2.27. The average Bonchev–Trinajstić information content (AvgIpc) is 2.67. The molecule has 104 valence electrons. The summed E-state index contributed by atoms with van der Waals surface area (Å²) in [4.78, 5) is 15.9. The fourth-order valence-electron chi connectivity index (χ4n) is 1.75. The molecule has 19 heavy (non-hydrogen) atoms. The molecular formula is C13H21N5O. The lowest BCUT2D eigenvalue weighted by molar-refractivity contribution is 0.274. The Hall–Kier alpha value is -1.85. The molecule has 0 saturated heterocycles. The van der Waals surface area contributed by atoms with Crippen molar-refractivity contribution in [3.63, 3.8) is 0 Å². The zero-order valence-corrected chi connectivity index (χ0v) is 12.1. The highest BCUT2D eigenvalue weighted by Gasteiger charge is 2.19. The Bertz CT molecular complexity index is 635. The van der Waals surface area contributed by atoms with E-state index in [1.165, 1.54) is 4.40 Å². The van der Waals surface area contributed by atoms with Gasteiger partial charge in [-0.1, -0.05) is 27.7 Å². The number of H-pyrrole nitrogens is 1. The number of aromatic nitrogens is 4. The number of fused-ring (bicyclic) bond motifs is 1. The maximum atomic E-state index is 11.5. The molecule has 0 radical (unpaired) electrons. The Labute approximate surface area is 112 Å². The third-order valence-electron chi connectivity index (χ3n) is 3.64. The zero-order chi connectivity index (χ0) is 14.2. The van der Waals surface area contributed by atoms with Crippen molar-refractivity contribution in [2.24, 2.45) is 11.3 Å². The van der Waals surface area contributed by atoms with E-state index < -0.39 is 0 Å². The molecule has 0 aliphatic heterocycles. The largest absolute Gasteiger partial charge is 0.370 e. The van der Waals surface area contributed by atoms with E-state index in [1.54, 1.807) is 13.0 Å². The van der Waals surface area contributed by atoms with Crippen LogP contribution in [0.25, 0.3) is 5.65 Å². The third-order valence-corrected chi connectivity index (χ3v) is 3.64. The summed E-state index contributed by atoms with van der Waals surface area (Å²) in [6.07, 6.45) is 0. The molecule has 0 spiro atoms. The molecule has 0 aliphatic carbocycles. The van der Waals surface area contributed by atoms with Crippen LogP contribution in [0.5, 0.6) is 0 Å². The highest BCUT2D eigenvalue weighted by atomic mass is 16.1.